The fourth-order valence-corrected chi connectivity index (χ4v) is 3.45. The van der Waals surface area contributed by atoms with Crippen molar-refractivity contribution in [3.63, 3.8) is 0 Å². The first-order valence-electron chi connectivity index (χ1n) is 6.30. The molecule has 0 N–H and O–H groups in total. The second-order valence-corrected chi connectivity index (χ2v) is 6.23. The first kappa shape index (κ1) is 12.9. The third-order valence-electron chi connectivity index (χ3n) is 3.56. The monoisotopic (exact) mass is 294 g/mol. The molecule has 0 bridgehead atoms. The molecule has 0 saturated carbocycles. The second-order valence-electron chi connectivity index (χ2n) is 4.88. The van der Waals surface area contributed by atoms with E-state index >= 15 is 0 Å². The maximum absolute atomic E-state index is 12.6. The van der Waals surface area contributed by atoms with Gasteiger partial charge in [-0.3, -0.25) is 4.79 Å². The fraction of sp³-hybridized carbons (Fsp3) is 0.357. The number of hydrogen-bond acceptors (Lipinski definition) is 4. The zero-order chi connectivity index (χ0) is 13.4. The molecule has 1 aromatic heterocycles. The molecule has 1 aliphatic rings. The van der Waals surface area contributed by atoms with Crippen LogP contribution < -0.4 is 10.3 Å². The molecule has 0 spiro atoms. The second kappa shape index (κ2) is 5.12. The molecule has 19 heavy (non-hydrogen) atoms. The number of piperazine rings is 1. The molecule has 1 fully saturated rings. The molecule has 5 heteroatoms. The van der Waals surface area contributed by atoms with Crippen LogP contribution in [0.5, 0.6) is 0 Å². The zero-order valence-corrected chi connectivity index (χ0v) is 12.3. The number of halogens is 1. The minimum Gasteiger partial charge on any atom is -0.365 e. The van der Waals surface area contributed by atoms with Gasteiger partial charge in [-0.15, -0.1) is 11.3 Å². The van der Waals surface area contributed by atoms with Crippen molar-refractivity contribution in [2.75, 3.05) is 38.1 Å². The van der Waals surface area contributed by atoms with E-state index in [1.54, 1.807) is 17.4 Å². The average molecular weight is 295 g/mol. The van der Waals surface area contributed by atoms with Crippen molar-refractivity contribution in [2.45, 2.75) is 0 Å². The topological polar surface area (TPSA) is 23.6 Å². The Kier molecular flexibility index (Phi) is 3.48. The van der Waals surface area contributed by atoms with Crippen molar-refractivity contribution in [2.24, 2.45) is 0 Å². The Hall–Kier alpha value is -1.10. The average Bonchev–Trinajstić information content (AvgIpc) is 2.41. The number of benzene rings is 1. The van der Waals surface area contributed by atoms with Crippen LogP contribution in [-0.2, 0) is 0 Å². The highest BCUT2D eigenvalue weighted by Gasteiger charge is 2.17. The molecule has 0 radical (unpaired) electrons. The summed E-state index contributed by atoms with van der Waals surface area (Å²) in [5.74, 6) is 0. The maximum atomic E-state index is 12.6. The van der Waals surface area contributed by atoms with Crippen LogP contribution in [0.15, 0.2) is 28.4 Å². The van der Waals surface area contributed by atoms with Crippen molar-refractivity contribution in [3.05, 3.63) is 38.8 Å². The van der Waals surface area contributed by atoms with Crippen LogP contribution in [0.2, 0.25) is 5.02 Å². The summed E-state index contributed by atoms with van der Waals surface area (Å²) in [5, 5.41) is 3.32. The van der Waals surface area contributed by atoms with Gasteiger partial charge in [-0.05, 0) is 25.2 Å². The summed E-state index contributed by atoms with van der Waals surface area (Å²) in [6.45, 7) is 3.81. The smallest absolute Gasteiger partial charge is 0.211 e. The summed E-state index contributed by atoms with van der Waals surface area (Å²) in [6.07, 6.45) is 0. The van der Waals surface area contributed by atoms with Gasteiger partial charge in [0.05, 0.1) is 5.69 Å². The molecule has 2 aromatic rings. The van der Waals surface area contributed by atoms with Crippen LogP contribution in [0.25, 0.3) is 10.1 Å². The van der Waals surface area contributed by atoms with Crippen molar-refractivity contribution in [1.82, 2.24) is 4.90 Å². The summed E-state index contributed by atoms with van der Waals surface area (Å²) in [4.78, 5) is 17.0. The lowest BCUT2D eigenvalue weighted by atomic mass is 10.2. The Labute approximate surface area is 121 Å². The highest BCUT2D eigenvalue weighted by molar-refractivity contribution is 7.16. The predicted molar refractivity (Wildman–Crippen MR) is 82.8 cm³/mol. The molecule has 0 amide bonds. The first-order chi connectivity index (χ1) is 9.15. The van der Waals surface area contributed by atoms with Gasteiger partial charge in [0.1, 0.15) is 0 Å². The standard InChI is InChI=1S/C14H15ClN2OS/c1-16-4-6-17(7-5-16)12-9-19-13-3-2-10(15)8-11(13)14(12)18/h2-3,8-9H,4-7H2,1H3. The molecule has 1 aromatic carbocycles. The van der Waals surface area contributed by atoms with Crippen LogP contribution in [0.1, 0.15) is 0 Å². The third kappa shape index (κ3) is 2.48. The fourth-order valence-electron chi connectivity index (χ4n) is 2.36. The minimum atomic E-state index is 0.0980. The Morgan fingerprint density at radius 3 is 2.68 bits per heavy atom. The van der Waals surface area contributed by atoms with Gasteiger partial charge >= 0.3 is 0 Å². The minimum absolute atomic E-state index is 0.0980. The van der Waals surface area contributed by atoms with Crippen LogP contribution in [0.4, 0.5) is 5.69 Å². The molecule has 1 saturated heterocycles. The van der Waals surface area contributed by atoms with Gasteiger partial charge in [0.2, 0.25) is 5.43 Å². The van der Waals surface area contributed by atoms with E-state index in [9.17, 15) is 4.79 Å². The summed E-state index contributed by atoms with van der Waals surface area (Å²) in [5.41, 5.74) is 0.911. The number of fused-ring (bicyclic) bond motifs is 1. The van der Waals surface area contributed by atoms with E-state index in [-0.39, 0.29) is 5.43 Å². The van der Waals surface area contributed by atoms with E-state index in [1.165, 1.54) is 0 Å². The molecule has 2 heterocycles. The maximum Gasteiger partial charge on any atom is 0.211 e. The number of rotatable bonds is 1. The van der Waals surface area contributed by atoms with Gasteiger partial charge in [-0.1, -0.05) is 11.6 Å². The predicted octanol–water partition coefficient (Wildman–Crippen LogP) is 2.67. The van der Waals surface area contributed by atoms with Crippen molar-refractivity contribution < 1.29 is 0 Å². The van der Waals surface area contributed by atoms with Crippen LogP contribution in [-0.4, -0.2) is 38.1 Å². The number of anilines is 1. The molecule has 0 unspecified atom stereocenters. The number of likely N-dealkylation sites (N-methyl/N-ethyl adjacent to an activating group) is 1. The quantitative estimate of drug-likeness (QED) is 0.808. The molecule has 1 aliphatic heterocycles. The lowest BCUT2D eigenvalue weighted by Crippen LogP contribution is -2.45. The summed E-state index contributed by atoms with van der Waals surface area (Å²) in [6, 6.07) is 5.52. The van der Waals surface area contributed by atoms with Crippen molar-refractivity contribution in [1.29, 1.82) is 0 Å². The largest absolute Gasteiger partial charge is 0.365 e. The Balaban J connectivity index is 2.05. The van der Waals surface area contributed by atoms with Gasteiger partial charge in [0, 0.05) is 46.7 Å². The van der Waals surface area contributed by atoms with Crippen LogP contribution in [0.3, 0.4) is 0 Å². The van der Waals surface area contributed by atoms with E-state index in [4.69, 9.17) is 11.6 Å². The van der Waals surface area contributed by atoms with E-state index < -0.39 is 0 Å². The summed E-state index contributed by atoms with van der Waals surface area (Å²) < 4.78 is 0.993. The van der Waals surface area contributed by atoms with E-state index in [0.29, 0.717) is 5.02 Å². The highest BCUT2D eigenvalue weighted by Crippen LogP contribution is 2.24. The Morgan fingerprint density at radius 1 is 1.21 bits per heavy atom. The van der Waals surface area contributed by atoms with Gasteiger partial charge in [0.15, 0.2) is 0 Å². The summed E-state index contributed by atoms with van der Waals surface area (Å²) in [7, 11) is 2.11. The normalized spacial score (nSPS) is 17.1. The van der Waals surface area contributed by atoms with E-state index in [1.807, 2.05) is 17.5 Å². The first-order valence-corrected chi connectivity index (χ1v) is 7.55. The van der Waals surface area contributed by atoms with Crippen molar-refractivity contribution >= 4 is 38.7 Å². The summed E-state index contributed by atoms with van der Waals surface area (Å²) >= 11 is 7.60. The molecule has 0 aliphatic carbocycles. The van der Waals surface area contributed by atoms with Gasteiger partial charge < -0.3 is 9.80 Å². The lowest BCUT2D eigenvalue weighted by Gasteiger charge is -2.33. The molecule has 100 valence electrons. The Bertz CT molecular complexity index is 662. The lowest BCUT2D eigenvalue weighted by molar-refractivity contribution is 0.313. The number of nitrogens with zero attached hydrogens (tertiary/aromatic N) is 2. The highest BCUT2D eigenvalue weighted by atomic mass is 35.5. The molecule has 3 nitrogen and oxygen atoms in total. The third-order valence-corrected chi connectivity index (χ3v) is 4.75. The van der Waals surface area contributed by atoms with Gasteiger partial charge in [-0.25, -0.2) is 0 Å². The Morgan fingerprint density at radius 2 is 1.95 bits per heavy atom. The molecule has 0 atom stereocenters. The van der Waals surface area contributed by atoms with Crippen LogP contribution >= 0.6 is 22.9 Å². The van der Waals surface area contributed by atoms with E-state index in [2.05, 4.69) is 16.8 Å². The number of hydrogen-bond donors (Lipinski definition) is 0. The SMILES string of the molecule is CN1CCN(c2csc3ccc(Cl)cc3c2=O)CC1. The van der Waals surface area contributed by atoms with E-state index in [0.717, 1.165) is 42.0 Å². The molecular weight excluding hydrogens is 280 g/mol. The molecule has 3 rings (SSSR count). The van der Waals surface area contributed by atoms with Crippen LogP contribution in [0, 0.1) is 0 Å². The van der Waals surface area contributed by atoms with Gasteiger partial charge in [-0.2, -0.15) is 0 Å². The van der Waals surface area contributed by atoms with Crippen molar-refractivity contribution in [3.8, 4) is 0 Å². The zero-order valence-electron chi connectivity index (χ0n) is 10.7. The van der Waals surface area contributed by atoms with Gasteiger partial charge in [0.25, 0.3) is 0 Å². The molecular formula is C14H15ClN2OS.